The molecule has 0 saturated heterocycles. The number of nitrogens with one attached hydrogen (secondary N) is 1. The predicted molar refractivity (Wildman–Crippen MR) is 103 cm³/mol. The second kappa shape index (κ2) is 10.7. The van der Waals surface area contributed by atoms with Gasteiger partial charge in [-0.05, 0) is 42.8 Å². The molecule has 2 aromatic carbocycles. The summed E-state index contributed by atoms with van der Waals surface area (Å²) < 4.78 is 10.5. The van der Waals surface area contributed by atoms with E-state index in [4.69, 9.17) is 9.47 Å². The largest absolute Gasteiger partial charge is 0.484 e. The Morgan fingerprint density at radius 3 is 2.32 bits per heavy atom. The van der Waals surface area contributed by atoms with E-state index in [-0.39, 0.29) is 12.3 Å². The molecule has 0 fully saturated rings. The minimum atomic E-state index is -0.513. The van der Waals surface area contributed by atoms with Crippen LogP contribution < -0.4 is 10.1 Å². The van der Waals surface area contributed by atoms with Crippen molar-refractivity contribution in [3.05, 3.63) is 64.2 Å². The molecular weight excluding hydrogens is 364 g/mol. The van der Waals surface area contributed by atoms with Gasteiger partial charge in [0.1, 0.15) is 5.75 Å². The van der Waals surface area contributed by atoms with Crippen LogP contribution in [0.15, 0.2) is 48.5 Å². The highest BCUT2D eigenvalue weighted by atomic mass is 16.6. The van der Waals surface area contributed by atoms with E-state index in [0.717, 1.165) is 19.3 Å². The predicted octanol–water partition coefficient (Wildman–Crippen LogP) is 3.96. The van der Waals surface area contributed by atoms with E-state index in [9.17, 15) is 19.7 Å². The fraction of sp³-hybridized carbons (Fsp3) is 0.300. The number of carbonyl (C=O) groups excluding carboxylic acids is 2. The molecule has 148 valence electrons. The van der Waals surface area contributed by atoms with Gasteiger partial charge in [0.25, 0.3) is 11.6 Å². The van der Waals surface area contributed by atoms with Crippen LogP contribution >= 0.6 is 0 Å². The minimum Gasteiger partial charge on any atom is -0.484 e. The van der Waals surface area contributed by atoms with Gasteiger partial charge in [-0.3, -0.25) is 14.9 Å². The number of hydrogen-bond acceptors (Lipinski definition) is 6. The number of rotatable bonds is 10. The molecule has 1 amide bonds. The molecular formula is C20H22N2O6. The Labute approximate surface area is 162 Å². The zero-order chi connectivity index (χ0) is 20.4. The van der Waals surface area contributed by atoms with E-state index in [2.05, 4.69) is 12.2 Å². The van der Waals surface area contributed by atoms with E-state index in [1.807, 2.05) is 0 Å². The number of nitrogens with zero attached hydrogens (tertiary/aromatic N) is 1. The van der Waals surface area contributed by atoms with Gasteiger partial charge in [-0.25, -0.2) is 4.79 Å². The smallest absolute Gasteiger partial charge is 0.338 e. The number of nitro groups is 1. The third-order valence-electron chi connectivity index (χ3n) is 3.80. The van der Waals surface area contributed by atoms with Gasteiger partial charge in [-0.2, -0.15) is 0 Å². The first-order valence-corrected chi connectivity index (χ1v) is 8.94. The first kappa shape index (κ1) is 20.9. The molecule has 2 aromatic rings. The standard InChI is InChI=1S/C20H22N2O6/c1-2-3-4-13-27-20(24)15-5-7-16(8-6-15)21-19(23)14-28-18-11-9-17(10-12-18)22(25)26/h5-12H,2-4,13-14H2,1H3,(H,21,23). The maximum absolute atomic E-state index is 11.9. The Hall–Kier alpha value is -3.42. The number of anilines is 1. The van der Waals surface area contributed by atoms with Crippen molar-refractivity contribution in [2.24, 2.45) is 0 Å². The third kappa shape index (κ3) is 6.71. The number of esters is 1. The zero-order valence-corrected chi connectivity index (χ0v) is 15.6. The molecule has 1 N–H and O–H groups in total. The highest BCUT2D eigenvalue weighted by Crippen LogP contribution is 2.17. The summed E-state index contributed by atoms with van der Waals surface area (Å²) in [7, 11) is 0. The lowest BCUT2D eigenvalue weighted by atomic mass is 10.2. The Balaban J connectivity index is 1.78. The quantitative estimate of drug-likeness (QED) is 0.287. The van der Waals surface area contributed by atoms with Crippen molar-refractivity contribution in [3.63, 3.8) is 0 Å². The van der Waals surface area contributed by atoms with Crippen molar-refractivity contribution in [1.29, 1.82) is 0 Å². The average Bonchev–Trinajstić information content (AvgIpc) is 2.70. The van der Waals surface area contributed by atoms with Gasteiger partial charge < -0.3 is 14.8 Å². The number of non-ortho nitro benzene ring substituents is 1. The maximum Gasteiger partial charge on any atom is 0.338 e. The Morgan fingerprint density at radius 2 is 1.71 bits per heavy atom. The summed E-state index contributed by atoms with van der Waals surface area (Å²) in [6.45, 7) is 2.22. The van der Waals surface area contributed by atoms with Crippen molar-refractivity contribution < 1.29 is 24.0 Å². The molecule has 2 rings (SSSR count). The molecule has 0 bridgehead atoms. The van der Waals surface area contributed by atoms with Crippen LogP contribution in [-0.2, 0) is 9.53 Å². The molecule has 0 aliphatic rings. The highest BCUT2D eigenvalue weighted by Gasteiger charge is 2.09. The van der Waals surface area contributed by atoms with Gasteiger partial charge in [-0.15, -0.1) is 0 Å². The van der Waals surface area contributed by atoms with Crippen molar-refractivity contribution in [2.75, 3.05) is 18.5 Å². The average molecular weight is 386 g/mol. The number of nitro benzene ring substituents is 1. The summed E-state index contributed by atoms with van der Waals surface area (Å²) in [6, 6.07) is 11.8. The molecule has 0 saturated carbocycles. The number of hydrogen-bond donors (Lipinski definition) is 1. The topological polar surface area (TPSA) is 108 Å². The van der Waals surface area contributed by atoms with Crippen molar-refractivity contribution in [1.82, 2.24) is 0 Å². The first-order valence-electron chi connectivity index (χ1n) is 8.94. The third-order valence-corrected chi connectivity index (χ3v) is 3.80. The Bertz CT molecular complexity index is 802. The van der Waals surface area contributed by atoms with E-state index in [1.165, 1.54) is 24.3 Å². The van der Waals surface area contributed by atoms with E-state index >= 15 is 0 Å². The van der Waals surface area contributed by atoms with Crippen LogP contribution in [-0.4, -0.2) is 30.0 Å². The van der Waals surface area contributed by atoms with Gasteiger partial charge in [0.15, 0.2) is 6.61 Å². The molecule has 0 heterocycles. The lowest BCUT2D eigenvalue weighted by molar-refractivity contribution is -0.384. The number of amides is 1. The number of unbranched alkanes of at least 4 members (excludes halogenated alkanes) is 2. The molecule has 0 spiro atoms. The second-order valence-corrected chi connectivity index (χ2v) is 6.01. The van der Waals surface area contributed by atoms with Crippen LogP contribution in [0.2, 0.25) is 0 Å². The molecule has 0 aliphatic heterocycles. The van der Waals surface area contributed by atoms with Gasteiger partial charge in [0, 0.05) is 17.8 Å². The van der Waals surface area contributed by atoms with Gasteiger partial charge in [-0.1, -0.05) is 19.8 Å². The molecule has 0 unspecified atom stereocenters. The Morgan fingerprint density at radius 1 is 1.04 bits per heavy atom. The fourth-order valence-corrected chi connectivity index (χ4v) is 2.30. The number of benzene rings is 2. The van der Waals surface area contributed by atoms with Gasteiger partial charge in [0.05, 0.1) is 17.1 Å². The van der Waals surface area contributed by atoms with Crippen LogP contribution in [0, 0.1) is 10.1 Å². The Kier molecular flexibility index (Phi) is 7.95. The summed E-state index contributed by atoms with van der Waals surface area (Å²) in [6.07, 6.45) is 2.91. The molecule has 8 nitrogen and oxygen atoms in total. The van der Waals surface area contributed by atoms with Crippen LogP contribution in [0.5, 0.6) is 5.75 Å². The molecule has 8 heteroatoms. The van der Waals surface area contributed by atoms with Crippen LogP contribution in [0.3, 0.4) is 0 Å². The fourth-order valence-electron chi connectivity index (χ4n) is 2.30. The minimum absolute atomic E-state index is 0.0548. The maximum atomic E-state index is 11.9. The van der Waals surface area contributed by atoms with E-state index in [0.29, 0.717) is 23.6 Å². The van der Waals surface area contributed by atoms with Crippen molar-refractivity contribution in [2.45, 2.75) is 26.2 Å². The number of ether oxygens (including phenoxy) is 2. The lowest BCUT2D eigenvalue weighted by Gasteiger charge is -2.08. The van der Waals surface area contributed by atoms with Gasteiger partial charge >= 0.3 is 5.97 Å². The van der Waals surface area contributed by atoms with Crippen LogP contribution in [0.4, 0.5) is 11.4 Å². The zero-order valence-electron chi connectivity index (χ0n) is 15.6. The SMILES string of the molecule is CCCCCOC(=O)c1ccc(NC(=O)COc2ccc([N+](=O)[O-])cc2)cc1. The van der Waals surface area contributed by atoms with E-state index in [1.54, 1.807) is 24.3 Å². The second-order valence-electron chi connectivity index (χ2n) is 6.01. The van der Waals surface area contributed by atoms with Crippen molar-refractivity contribution in [3.8, 4) is 5.75 Å². The summed E-state index contributed by atoms with van der Waals surface area (Å²) in [4.78, 5) is 33.9. The lowest BCUT2D eigenvalue weighted by Crippen LogP contribution is -2.20. The summed E-state index contributed by atoms with van der Waals surface area (Å²) in [5.74, 6) is -0.439. The molecule has 0 radical (unpaired) electrons. The first-order chi connectivity index (χ1) is 13.5. The molecule has 0 aromatic heterocycles. The van der Waals surface area contributed by atoms with E-state index < -0.39 is 16.8 Å². The highest BCUT2D eigenvalue weighted by molar-refractivity contribution is 5.93. The van der Waals surface area contributed by atoms with Crippen molar-refractivity contribution >= 4 is 23.3 Å². The molecule has 0 aliphatic carbocycles. The molecule has 28 heavy (non-hydrogen) atoms. The summed E-state index contributed by atoms with van der Waals surface area (Å²) >= 11 is 0. The molecule has 0 atom stereocenters. The van der Waals surface area contributed by atoms with Crippen LogP contribution in [0.25, 0.3) is 0 Å². The summed E-state index contributed by atoms with van der Waals surface area (Å²) in [5.41, 5.74) is 0.872. The number of carbonyl (C=O) groups is 2. The van der Waals surface area contributed by atoms with Gasteiger partial charge in [0.2, 0.25) is 0 Å². The normalized spacial score (nSPS) is 10.2. The summed E-state index contributed by atoms with van der Waals surface area (Å²) in [5, 5.41) is 13.2. The van der Waals surface area contributed by atoms with Crippen LogP contribution in [0.1, 0.15) is 36.5 Å². The monoisotopic (exact) mass is 386 g/mol.